The molecular formula is C22H22F3N3. The zero-order valence-electron chi connectivity index (χ0n) is 15.9. The quantitative estimate of drug-likeness (QED) is 0.593. The lowest BCUT2D eigenvalue weighted by atomic mass is 10.0. The topological polar surface area (TPSA) is 29.9 Å². The molecule has 3 nitrogen and oxygen atoms in total. The van der Waals surface area contributed by atoms with Gasteiger partial charge in [0.05, 0.1) is 16.9 Å². The molecule has 2 heterocycles. The number of benzene rings is 2. The number of anilines is 1. The van der Waals surface area contributed by atoms with Crippen LogP contribution in [-0.2, 0) is 12.6 Å². The summed E-state index contributed by atoms with van der Waals surface area (Å²) in [5.41, 5.74) is 5.20. The number of alkyl halides is 3. The van der Waals surface area contributed by atoms with E-state index in [0.29, 0.717) is 5.56 Å². The minimum atomic E-state index is -4.34. The first-order valence-electron chi connectivity index (χ1n) is 9.45. The number of rotatable bonds is 2. The zero-order valence-corrected chi connectivity index (χ0v) is 15.9. The Morgan fingerprint density at radius 2 is 1.71 bits per heavy atom. The predicted octanol–water partition coefficient (Wildman–Crippen LogP) is 5.92. The molecule has 1 aliphatic heterocycles. The number of fused-ring (bicyclic) bond motifs is 1. The second kappa shape index (κ2) is 7.00. The third-order valence-corrected chi connectivity index (χ3v) is 5.35. The van der Waals surface area contributed by atoms with Gasteiger partial charge in [-0.15, -0.1) is 0 Å². The number of nitrogens with one attached hydrogen (secondary N) is 1. The van der Waals surface area contributed by atoms with E-state index >= 15 is 0 Å². The molecule has 1 N–H and O–H groups in total. The Hall–Kier alpha value is -2.76. The fraction of sp³-hybridized carbons (Fsp3) is 0.318. The highest BCUT2D eigenvalue weighted by Gasteiger charge is 2.30. The highest BCUT2D eigenvalue weighted by molar-refractivity contribution is 5.71. The number of hydrogen-bond acceptors (Lipinski definition) is 2. The van der Waals surface area contributed by atoms with Gasteiger partial charge in [0.15, 0.2) is 0 Å². The number of nitrogens with zero attached hydrogens (tertiary/aromatic N) is 2. The summed E-state index contributed by atoms with van der Waals surface area (Å²) < 4.78 is 40.6. The summed E-state index contributed by atoms with van der Waals surface area (Å²) in [5, 5.41) is 8.28. The number of aryl methyl sites for hydroxylation is 2. The Kier molecular flexibility index (Phi) is 4.65. The van der Waals surface area contributed by atoms with Crippen molar-refractivity contribution in [3.05, 3.63) is 64.7 Å². The molecule has 0 saturated carbocycles. The molecule has 28 heavy (non-hydrogen) atoms. The average molecular weight is 385 g/mol. The van der Waals surface area contributed by atoms with E-state index in [1.54, 1.807) is 0 Å². The van der Waals surface area contributed by atoms with Gasteiger partial charge < -0.3 is 5.32 Å². The van der Waals surface area contributed by atoms with Crippen molar-refractivity contribution < 1.29 is 13.2 Å². The van der Waals surface area contributed by atoms with Gasteiger partial charge in [-0.1, -0.05) is 18.2 Å². The van der Waals surface area contributed by atoms with E-state index in [-0.39, 0.29) is 0 Å². The summed E-state index contributed by atoms with van der Waals surface area (Å²) in [6, 6.07) is 11.5. The van der Waals surface area contributed by atoms with Crippen LogP contribution in [0.25, 0.3) is 16.9 Å². The Morgan fingerprint density at radius 3 is 2.39 bits per heavy atom. The minimum absolute atomic E-state index is 0.644. The summed E-state index contributed by atoms with van der Waals surface area (Å²) in [7, 11) is 0. The van der Waals surface area contributed by atoms with E-state index in [4.69, 9.17) is 5.10 Å². The van der Waals surface area contributed by atoms with Crippen LogP contribution in [0, 0.1) is 13.8 Å². The molecule has 0 fully saturated rings. The highest BCUT2D eigenvalue weighted by Crippen LogP contribution is 2.36. The molecule has 0 amide bonds. The fourth-order valence-electron chi connectivity index (χ4n) is 3.60. The molecule has 0 unspecified atom stereocenters. The van der Waals surface area contributed by atoms with Crippen molar-refractivity contribution in [3.63, 3.8) is 0 Å². The van der Waals surface area contributed by atoms with Crippen LogP contribution in [0.4, 0.5) is 19.0 Å². The summed E-state index contributed by atoms with van der Waals surface area (Å²) >= 11 is 0. The maximum atomic E-state index is 12.9. The van der Waals surface area contributed by atoms with Crippen LogP contribution in [-0.4, -0.2) is 16.3 Å². The molecule has 2 aromatic carbocycles. The van der Waals surface area contributed by atoms with E-state index < -0.39 is 11.7 Å². The van der Waals surface area contributed by atoms with Gasteiger partial charge in [-0.25, -0.2) is 4.68 Å². The van der Waals surface area contributed by atoms with Crippen LogP contribution in [0.1, 0.15) is 35.1 Å². The van der Waals surface area contributed by atoms with E-state index in [1.807, 2.05) is 10.7 Å². The lowest BCUT2D eigenvalue weighted by Gasteiger charge is -2.10. The second-order valence-corrected chi connectivity index (χ2v) is 7.32. The highest BCUT2D eigenvalue weighted by atomic mass is 19.4. The standard InChI is InChI=1S/C22H22F3N3/c1-14-6-11-18(13-15(14)2)28-21-19(5-3-4-12-26-21)20(27-28)16-7-9-17(10-8-16)22(23,24)25/h6-11,13,26H,3-5,12H2,1-2H3. The molecule has 0 bridgehead atoms. The molecule has 4 rings (SSSR count). The molecule has 0 atom stereocenters. The van der Waals surface area contributed by atoms with E-state index in [0.717, 1.165) is 60.7 Å². The van der Waals surface area contributed by atoms with Crippen molar-refractivity contribution in [2.24, 2.45) is 0 Å². The smallest absolute Gasteiger partial charge is 0.370 e. The van der Waals surface area contributed by atoms with Crippen LogP contribution in [0.5, 0.6) is 0 Å². The first-order valence-corrected chi connectivity index (χ1v) is 9.45. The monoisotopic (exact) mass is 385 g/mol. The molecule has 1 aliphatic rings. The largest absolute Gasteiger partial charge is 0.416 e. The van der Waals surface area contributed by atoms with Crippen molar-refractivity contribution >= 4 is 5.82 Å². The SMILES string of the molecule is Cc1ccc(-n2nc(-c3ccc(C(F)(F)F)cc3)c3c2NCCCC3)cc1C. The first kappa shape index (κ1) is 18.6. The molecule has 1 aromatic heterocycles. The molecule has 0 radical (unpaired) electrons. The van der Waals surface area contributed by atoms with Gasteiger partial charge in [-0.3, -0.25) is 0 Å². The van der Waals surface area contributed by atoms with Gasteiger partial charge in [0, 0.05) is 17.7 Å². The van der Waals surface area contributed by atoms with Gasteiger partial charge >= 0.3 is 6.18 Å². The van der Waals surface area contributed by atoms with Gasteiger partial charge in [-0.05, 0) is 68.5 Å². The van der Waals surface area contributed by atoms with Crippen molar-refractivity contribution in [1.29, 1.82) is 0 Å². The van der Waals surface area contributed by atoms with Gasteiger partial charge in [0.1, 0.15) is 5.82 Å². The lowest BCUT2D eigenvalue weighted by molar-refractivity contribution is -0.137. The zero-order chi connectivity index (χ0) is 19.9. The minimum Gasteiger partial charge on any atom is -0.370 e. The molecule has 0 saturated heterocycles. The van der Waals surface area contributed by atoms with Gasteiger partial charge in [0.25, 0.3) is 0 Å². The summed E-state index contributed by atoms with van der Waals surface area (Å²) in [4.78, 5) is 0. The van der Waals surface area contributed by atoms with Crippen LogP contribution in [0.3, 0.4) is 0 Å². The molecular weight excluding hydrogens is 363 g/mol. The predicted molar refractivity (Wildman–Crippen MR) is 105 cm³/mol. The van der Waals surface area contributed by atoms with Crippen LogP contribution >= 0.6 is 0 Å². The molecule has 3 aromatic rings. The Morgan fingerprint density at radius 1 is 0.964 bits per heavy atom. The molecule has 6 heteroatoms. The second-order valence-electron chi connectivity index (χ2n) is 7.32. The normalized spacial score (nSPS) is 14.3. The van der Waals surface area contributed by atoms with Gasteiger partial charge in [-0.2, -0.15) is 18.3 Å². The summed E-state index contributed by atoms with van der Waals surface area (Å²) in [6.45, 7) is 4.98. The van der Waals surface area contributed by atoms with Gasteiger partial charge in [0.2, 0.25) is 0 Å². The van der Waals surface area contributed by atoms with Crippen LogP contribution in [0.2, 0.25) is 0 Å². The molecule has 0 spiro atoms. The third-order valence-electron chi connectivity index (χ3n) is 5.35. The van der Waals surface area contributed by atoms with Crippen molar-refractivity contribution in [2.45, 2.75) is 39.3 Å². The van der Waals surface area contributed by atoms with E-state index in [9.17, 15) is 13.2 Å². The maximum absolute atomic E-state index is 12.9. The number of halogens is 3. The first-order chi connectivity index (χ1) is 13.3. The van der Waals surface area contributed by atoms with E-state index in [2.05, 4.69) is 31.3 Å². The van der Waals surface area contributed by atoms with E-state index in [1.165, 1.54) is 23.3 Å². The fourth-order valence-corrected chi connectivity index (χ4v) is 3.60. The molecule has 0 aliphatic carbocycles. The Bertz CT molecular complexity index is 1000. The van der Waals surface area contributed by atoms with Crippen LogP contribution in [0.15, 0.2) is 42.5 Å². The molecule has 146 valence electrons. The third kappa shape index (κ3) is 3.39. The summed E-state index contributed by atoms with van der Waals surface area (Å²) in [6.07, 6.45) is -1.42. The number of hydrogen-bond donors (Lipinski definition) is 1. The Labute approximate surface area is 162 Å². The Balaban J connectivity index is 1.84. The maximum Gasteiger partial charge on any atom is 0.416 e. The summed E-state index contributed by atoms with van der Waals surface area (Å²) in [5.74, 6) is 0.940. The number of aromatic nitrogens is 2. The van der Waals surface area contributed by atoms with Crippen molar-refractivity contribution in [1.82, 2.24) is 9.78 Å². The lowest BCUT2D eigenvalue weighted by Crippen LogP contribution is -2.07. The van der Waals surface area contributed by atoms with Crippen molar-refractivity contribution in [2.75, 3.05) is 11.9 Å². The average Bonchev–Trinajstić information content (AvgIpc) is 2.84. The van der Waals surface area contributed by atoms with Crippen LogP contribution < -0.4 is 5.32 Å². The van der Waals surface area contributed by atoms with Crippen molar-refractivity contribution in [3.8, 4) is 16.9 Å².